The minimum Gasteiger partial charge on any atom is -0.495 e. The van der Waals surface area contributed by atoms with E-state index in [1.165, 1.54) is 7.11 Å². The number of benzene rings is 3. The lowest BCUT2D eigenvalue weighted by molar-refractivity contribution is -0.147. The number of hydrogen-bond donors (Lipinski definition) is 1. The Morgan fingerprint density at radius 2 is 1.67 bits per heavy atom. The van der Waals surface area contributed by atoms with Crippen molar-refractivity contribution in [2.75, 3.05) is 12.4 Å². The molecule has 1 saturated carbocycles. The number of nitrogens with one attached hydrogen (secondary N) is 1. The molecule has 0 aromatic heterocycles. The minimum atomic E-state index is -1.70. The largest absolute Gasteiger partial charge is 0.495 e. The summed E-state index contributed by atoms with van der Waals surface area (Å²) in [6.07, 6.45) is 0. The number of ketones is 1. The number of carbonyl (C=O) groups excluding carboxylic acids is 3. The molecule has 3 aromatic carbocycles. The van der Waals surface area contributed by atoms with Gasteiger partial charge in [0, 0.05) is 21.5 Å². The van der Waals surface area contributed by atoms with Crippen molar-refractivity contribution in [1.82, 2.24) is 0 Å². The summed E-state index contributed by atoms with van der Waals surface area (Å²) in [5, 5.41) is 2.82. The van der Waals surface area contributed by atoms with Gasteiger partial charge in [-0.2, -0.15) is 0 Å². The molecule has 1 aliphatic heterocycles. The molecule has 0 radical (unpaired) electrons. The SMILES string of the molecule is COc1ccccc1NC(=O)[C@]12C(=O)Oc3ccccc3[C@@H]1[C@@]2(C)C(=O)c1ccc(Br)cc1. The van der Waals surface area contributed by atoms with Gasteiger partial charge >= 0.3 is 5.97 Å². The molecule has 33 heavy (non-hydrogen) atoms. The summed E-state index contributed by atoms with van der Waals surface area (Å²) in [6.45, 7) is 1.67. The number of anilines is 1. The Kier molecular flexibility index (Phi) is 4.90. The molecule has 166 valence electrons. The molecule has 0 saturated heterocycles. The molecule has 1 fully saturated rings. The van der Waals surface area contributed by atoms with Crippen LogP contribution in [0.1, 0.15) is 28.8 Å². The molecule has 1 heterocycles. The van der Waals surface area contributed by atoms with E-state index < -0.39 is 28.6 Å². The van der Waals surface area contributed by atoms with E-state index in [-0.39, 0.29) is 5.78 Å². The molecule has 1 aliphatic carbocycles. The van der Waals surface area contributed by atoms with Gasteiger partial charge in [-0.25, -0.2) is 0 Å². The molecule has 6 nitrogen and oxygen atoms in total. The fourth-order valence-corrected chi connectivity index (χ4v) is 5.39. The van der Waals surface area contributed by atoms with E-state index in [1.54, 1.807) is 73.7 Å². The third kappa shape index (κ3) is 2.88. The maximum atomic E-state index is 13.8. The number of fused-ring (bicyclic) bond motifs is 3. The molecule has 5 rings (SSSR count). The highest BCUT2D eigenvalue weighted by molar-refractivity contribution is 9.10. The highest BCUT2D eigenvalue weighted by Crippen LogP contribution is 2.78. The van der Waals surface area contributed by atoms with Crippen LogP contribution in [0, 0.1) is 10.8 Å². The second kappa shape index (κ2) is 7.56. The average molecular weight is 506 g/mol. The van der Waals surface area contributed by atoms with Crippen molar-refractivity contribution < 1.29 is 23.9 Å². The first-order valence-corrected chi connectivity index (χ1v) is 11.2. The summed E-state index contributed by atoms with van der Waals surface area (Å²) < 4.78 is 11.8. The van der Waals surface area contributed by atoms with Gasteiger partial charge in [-0.05, 0) is 37.3 Å². The van der Waals surface area contributed by atoms with Gasteiger partial charge in [-0.3, -0.25) is 14.4 Å². The molecular weight excluding hydrogens is 486 g/mol. The van der Waals surface area contributed by atoms with Crippen molar-refractivity contribution in [2.45, 2.75) is 12.8 Å². The van der Waals surface area contributed by atoms with E-state index in [0.29, 0.717) is 28.3 Å². The zero-order chi connectivity index (χ0) is 23.4. The third-order valence-electron chi connectivity index (χ3n) is 6.79. The summed E-state index contributed by atoms with van der Waals surface area (Å²) in [7, 11) is 1.50. The Balaban J connectivity index is 1.64. The van der Waals surface area contributed by atoms with Gasteiger partial charge in [0.15, 0.2) is 11.2 Å². The van der Waals surface area contributed by atoms with Gasteiger partial charge < -0.3 is 14.8 Å². The molecule has 0 bridgehead atoms. The maximum absolute atomic E-state index is 13.8. The molecule has 1 N–H and O–H groups in total. The lowest BCUT2D eigenvalue weighted by Crippen LogP contribution is -2.42. The topological polar surface area (TPSA) is 81.7 Å². The van der Waals surface area contributed by atoms with Gasteiger partial charge in [0.25, 0.3) is 0 Å². The molecule has 0 unspecified atom stereocenters. The van der Waals surface area contributed by atoms with Gasteiger partial charge in [-0.15, -0.1) is 0 Å². The van der Waals surface area contributed by atoms with Crippen LogP contribution in [0.4, 0.5) is 5.69 Å². The van der Waals surface area contributed by atoms with Crippen molar-refractivity contribution in [3.63, 3.8) is 0 Å². The lowest BCUT2D eigenvalue weighted by Gasteiger charge is -2.23. The van der Waals surface area contributed by atoms with Crippen LogP contribution in [0.5, 0.6) is 11.5 Å². The number of hydrogen-bond acceptors (Lipinski definition) is 5. The Bertz CT molecular complexity index is 1300. The zero-order valence-corrected chi connectivity index (χ0v) is 19.5. The zero-order valence-electron chi connectivity index (χ0n) is 17.9. The first kappa shape index (κ1) is 21.4. The second-order valence-electron chi connectivity index (χ2n) is 8.36. The van der Waals surface area contributed by atoms with Crippen LogP contribution in [-0.4, -0.2) is 24.8 Å². The fraction of sp³-hybridized carbons (Fsp3) is 0.192. The molecule has 3 atom stereocenters. The van der Waals surface area contributed by atoms with Crippen LogP contribution in [-0.2, 0) is 9.59 Å². The van der Waals surface area contributed by atoms with Crippen molar-refractivity contribution in [1.29, 1.82) is 0 Å². The fourth-order valence-electron chi connectivity index (χ4n) is 5.13. The Morgan fingerprint density at radius 1 is 1.00 bits per heavy atom. The third-order valence-corrected chi connectivity index (χ3v) is 7.32. The molecule has 1 amide bonds. The van der Waals surface area contributed by atoms with E-state index >= 15 is 0 Å². The van der Waals surface area contributed by atoms with Gasteiger partial charge in [0.05, 0.1) is 18.2 Å². The molecule has 2 aliphatic rings. The number of carbonyl (C=O) groups is 3. The number of Topliss-reactive ketones (excluding diaryl/α,β-unsaturated/α-hetero) is 1. The van der Waals surface area contributed by atoms with E-state index in [1.807, 2.05) is 6.07 Å². The standard InChI is InChI=1S/C26H20BrNO5/c1-25(22(29)15-11-13-16(27)14-12-15)21-17-7-3-5-9-19(17)33-24(31)26(21,25)23(30)28-18-8-4-6-10-20(18)32-2/h3-14,21H,1-2H3,(H,28,30)/t21-,25+,26+/m1/s1. The van der Waals surface area contributed by atoms with E-state index in [2.05, 4.69) is 21.2 Å². The second-order valence-corrected chi connectivity index (χ2v) is 9.28. The van der Waals surface area contributed by atoms with Gasteiger partial charge in [0.1, 0.15) is 11.5 Å². The quantitative estimate of drug-likeness (QED) is 0.228. The van der Waals surface area contributed by atoms with E-state index in [0.717, 1.165) is 4.47 Å². The summed E-state index contributed by atoms with van der Waals surface area (Å²) in [5.74, 6) is -1.45. The van der Waals surface area contributed by atoms with Crippen molar-refractivity contribution in [3.05, 3.63) is 88.4 Å². The van der Waals surface area contributed by atoms with Crippen molar-refractivity contribution in [3.8, 4) is 11.5 Å². The first-order valence-electron chi connectivity index (χ1n) is 10.4. The van der Waals surface area contributed by atoms with Crippen LogP contribution >= 0.6 is 15.9 Å². The van der Waals surface area contributed by atoms with Crippen molar-refractivity contribution in [2.24, 2.45) is 10.8 Å². The molecular formula is C26H20BrNO5. The van der Waals surface area contributed by atoms with Crippen LogP contribution in [0.25, 0.3) is 0 Å². The smallest absolute Gasteiger partial charge is 0.328 e. The van der Waals surface area contributed by atoms with Crippen LogP contribution in [0.2, 0.25) is 0 Å². The highest BCUT2D eigenvalue weighted by Gasteiger charge is 2.88. The monoisotopic (exact) mass is 505 g/mol. The first-order chi connectivity index (χ1) is 15.9. The summed E-state index contributed by atoms with van der Waals surface area (Å²) >= 11 is 3.38. The highest BCUT2D eigenvalue weighted by atomic mass is 79.9. The number of esters is 1. The van der Waals surface area contributed by atoms with Crippen LogP contribution < -0.4 is 14.8 Å². The Hall–Kier alpha value is -3.45. The molecule has 3 aromatic rings. The number of rotatable bonds is 5. The molecule has 7 heteroatoms. The summed E-state index contributed by atoms with van der Waals surface area (Å²) in [6, 6.07) is 20.9. The van der Waals surface area contributed by atoms with Gasteiger partial charge in [0.2, 0.25) is 5.91 Å². The average Bonchev–Trinajstić information content (AvgIpc) is 3.43. The Labute approximate surface area is 199 Å². The molecule has 0 spiro atoms. The van der Waals surface area contributed by atoms with E-state index in [4.69, 9.17) is 9.47 Å². The normalized spacial score (nSPS) is 24.7. The predicted octanol–water partition coefficient (Wildman–Crippen LogP) is 4.99. The number of halogens is 1. The summed E-state index contributed by atoms with van der Waals surface area (Å²) in [5.41, 5.74) is -1.52. The van der Waals surface area contributed by atoms with Crippen LogP contribution in [0.3, 0.4) is 0 Å². The van der Waals surface area contributed by atoms with Crippen molar-refractivity contribution >= 4 is 39.3 Å². The number of amides is 1. The number of methoxy groups -OCH3 is 1. The minimum absolute atomic E-state index is 0.288. The number of ether oxygens (including phenoxy) is 2. The lowest BCUT2D eigenvalue weighted by atomic mass is 9.86. The van der Waals surface area contributed by atoms with Crippen LogP contribution in [0.15, 0.2) is 77.3 Å². The predicted molar refractivity (Wildman–Crippen MR) is 125 cm³/mol. The van der Waals surface area contributed by atoms with E-state index in [9.17, 15) is 14.4 Å². The Morgan fingerprint density at radius 3 is 2.39 bits per heavy atom. The number of para-hydroxylation sites is 3. The van der Waals surface area contributed by atoms with Gasteiger partial charge in [-0.1, -0.05) is 58.4 Å². The summed E-state index contributed by atoms with van der Waals surface area (Å²) in [4.78, 5) is 41.1. The maximum Gasteiger partial charge on any atom is 0.328 e.